The first-order valence-corrected chi connectivity index (χ1v) is 12.9. The fourth-order valence-corrected chi connectivity index (χ4v) is 6.03. The molecule has 1 fully saturated rings. The van der Waals surface area contributed by atoms with Gasteiger partial charge < -0.3 is 24.4 Å². The summed E-state index contributed by atoms with van der Waals surface area (Å²) in [5, 5.41) is 4.32. The van der Waals surface area contributed by atoms with Crippen molar-refractivity contribution in [1.29, 1.82) is 0 Å². The minimum absolute atomic E-state index is 0.0564. The standard InChI is InChI=1S/C28H33N5O3/c1-30-23-8-4-3-7-22(23)28(35)33-13-10-21-20-6-2-5-9-24(20)32(26(21)27(30)33)14-11-25(34)29-12-15-31-16-18-36-19-17-31/h2-9,27H,10-19H2,1H3,(H,29,34)/t27-/m1/s1. The van der Waals surface area contributed by atoms with Gasteiger partial charge in [-0.1, -0.05) is 30.3 Å². The lowest BCUT2D eigenvalue weighted by Crippen LogP contribution is -2.51. The first kappa shape index (κ1) is 23.1. The number of amides is 2. The molecule has 0 radical (unpaired) electrons. The van der Waals surface area contributed by atoms with Crippen molar-refractivity contribution >= 4 is 28.4 Å². The number of anilines is 1. The van der Waals surface area contributed by atoms with Crippen molar-refractivity contribution in [2.24, 2.45) is 0 Å². The summed E-state index contributed by atoms with van der Waals surface area (Å²) in [4.78, 5) is 32.8. The quantitative estimate of drug-likeness (QED) is 0.579. The number of benzene rings is 2. The van der Waals surface area contributed by atoms with Crippen LogP contribution in [0.1, 0.15) is 34.2 Å². The molecule has 1 aromatic heterocycles. The van der Waals surface area contributed by atoms with Gasteiger partial charge in [-0.15, -0.1) is 0 Å². The Morgan fingerprint density at radius 2 is 1.81 bits per heavy atom. The van der Waals surface area contributed by atoms with Crippen molar-refractivity contribution in [2.45, 2.75) is 25.6 Å². The number of fused-ring (bicyclic) bond motifs is 6. The van der Waals surface area contributed by atoms with Crippen LogP contribution in [-0.4, -0.2) is 79.2 Å². The predicted molar refractivity (Wildman–Crippen MR) is 139 cm³/mol. The van der Waals surface area contributed by atoms with Crippen LogP contribution in [0.25, 0.3) is 10.9 Å². The molecule has 8 nitrogen and oxygen atoms in total. The van der Waals surface area contributed by atoms with E-state index in [1.165, 1.54) is 10.9 Å². The Hall–Kier alpha value is -3.36. The summed E-state index contributed by atoms with van der Waals surface area (Å²) in [7, 11) is 2.07. The third-order valence-corrected chi connectivity index (χ3v) is 7.82. The zero-order chi connectivity index (χ0) is 24.6. The van der Waals surface area contributed by atoms with E-state index in [2.05, 4.69) is 51.0 Å². The Labute approximate surface area is 211 Å². The van der Waals surface area contributed by atoms with Crippen LogP contribution in [0.4, 0.5) is 5.69 Å². The molecule has 6 rings (SSSR count). The maximum Gasteiger partial charge on any atom is 0.257 e. The Kier molecular flexibility index (Phi) is 6.15. The molecule has 1 saturated heterocycles. The van der Waals surface area contributed by atoms with Crippen molar-refractivity contribution in [1.82, 2.24) is 19.7 Å². The lowest BCUT2D eigenvalue weighted by molar-refractivity contribution is -0.121. The number of rotatable bonds is 6. The number of morpholine rings is 1. The van der Waals surface area contributed by atoms with Crippen molar-refractivity contribution in [2.75, 3.05) is 57.9 Å². The van der Waals surface area contributed by atoms with Crippen LogP contribution in [0.2, 0.25) is 0 Å². The second kappa shape index (κ2) is 9.59. The molecule has 36 heavy (non-hydrogen) atoms. The van der Waals surface area contributed by atoms with Crippen LogP contribution in [0.5, 0.6) is 0 Å². The molecule has 3 aliphatic heterocycles. The highest BCUT2D eigenvalue weighted by molar-refractivity contribution is 6.02. The zero-order valence-corrected chi connectivity index (χ0v) is 20.8. The van der Waals surface area contributed by atoms with E-state index >= 15 is 0 Å². The van der Waals surface area contributed by atoms with Gasteiger partial charge in [0.05, 0.1) is 30.2 Å². The number of hydrogen-bond donors (Lipinski definition) is 1. The van der Waals surface area contributed by atoms with Crippen molar-refractivity contribution in [3.63, 3.8) is 0 Å². The van der Waals surface area contributed by atoms with Gasteiger partial charge in [0.15, 0.2) is 0 Å². The molecule has 0 aliphatic carbocycles. The Morgan fingerprint density at radius 3 is 2.67 bits per heavy atom. The molecule has 8 heteroatoms. The predicted octanol–water partition coefficient (Wildman–Crippen LogP) is 2.63. The first-order valence-electron chi connectivity index (χ1n) is 12.9. The number of nitrogens with one attached hydrogen (secondary N) is 1. The van der Waals surface area contributed by atoms with Crippen molar-refractivity contribution in [3.05, 3.63) is 65.4 Å². The monoisotopic (exact) mass is 487 g/mol. The average molecular weight is 488 g/mol. The molecule has 4 heterocycles. The smallest absolute Gasteiger partial charge is 0.257 e. The summed E-state index contributed by atoms with van der Waals surface area (Å²) in [6.07, 6.45) is 1.02. The minimum atomic E-state index is -0.187. The average Bonchev–Trinajstić information content (AvgIpc) is 3.24. The molecule has 188 valence electrons. The number of ether oxygens (including phenoxy) is 1. The van der Waals surface area contributed by atoms with Crippen LogP contribution in [0, 0.1) is 0 Å². The largest absolute Gasteiger partial charge is 0.379 e. The number of carbonyl (C=O) groups is 2. The molecule has 2 amide bonds. The zero-order valence-electron chi connectivity index (χ0n) is 20.8. The Bertz CT molecular complexity index is 1300. The highest BCUT2D eigenvalue weighted by Gasteiger charge is 2.42. The van der Waals surface area contributed by atoms with Crippen molar-refractivity contribution in [3.8, 4) is 0 Å². The van der Waals surface area contributed by atoms with Gasteiger partial charge in [0.1, 0.15) is 6.17 Å². The molecule has 1 N–H and O–H groups in total. The maximum atomic E-state index is 13.5. The molecule has 0 bridgehead atoms. The van der Waals surface area contributed by atoms with Crippen LogP contribution in [0.15, 0.2) is 48.5 Å². The number of hydrogen-bond acceptors (Lipinski definition) is 5. The first-order chi connectivity index (χ1) is 17.6. The number of carbonyl (C=O) groups excluding carboxylic acids is 2. The van der Waals surface area contributed by atoms with E-state index in [0.717, 1.165) is 61.7 Å². The second-order valence-electron chi connectivity index (χ2n) is 9.84. The Balaban J connectivity index is 1.26. The molecular formula is C28H33N5O3. The number of nitrogens with zero attached hydrogens (tertiary/aromatic N) is 4. The van der Waals surface area contributed by atoms with Gasteiger partial charge in [0, 0.05) is 63.6 Å². The third kappa shape index (κ3) is 3.94. The maximum absolute atomic E-state index is 13.5. The van der Waals surface area contributed by atoms with E-state index < -0.39 is 0 Å². The van der Waals surface area contributed by atoms with Gasteiger partial charge in [-0.2, -0.15) is 0 Å². The van der Waals surface area contributed by atoms with E-state index in [1.807, 2.05) is 29.2 Å². The SMILES string of the molecule is CN1c2ccccc2C(=O)N2CCc3c(n(CCC(=O)NCCN4CCOCC4)c4ccccc34)[C@@H]21. The molecule has 0 saturated carbocycles. The molecule has 2 aromatic carbocycles. The van der Waals surface area contributed by atoms with E-state index in [-0.39, 0.29) is 18.0 Å². The topological polar surface area (TPSA) is 70.1 Å². The second-order valence-corrected chi connectivity index (χ2v) is 9.84. The Morgan fingerprint density at radius 1 is 1.03 bits per heavy atom. The van der Waals surface area contributed by atoms with Gasteiger partial charge in [-0.05, 0) is 30.2 Å². The van der Waals surface area contributed by atoms with E-state index in [4.69, 9.17) is 4.74 Å². The lowest BCUT2D eigenvalue weighted by Gasteiger charge is -2.46. The van der Waals surface area contributed by atoms with Gasteiger partial charge in [-0.3, -0.25) is 14.5 Å². The van der Waals surface area contributed by atoms with E-state index in [0.29, 0.717) is 26.1 Å². The van der Waals surface area contributed by atoms with Gasteiger partial charge in [0.2, 0.25) is 5.91 Å². The van der Waals surface area contributed by atoms with Gasteiger partial charge >= 0.3 is 0 Å². The highest BCUT2D eigenvalue weighted by Crippen LogP contribution is 2.44. The lowest BCUT2D eigenvalue weighted by atomic mass is 9.96. The van der Waals surface area contributed by atoms with E-state index in [1.54, 1.807) is 0 Å². The molecule has 3 aromatic rings. The molecule has 3 aliphatic rings. The number of aromatic nitrogens is 1. The normalized spacial score (nSPS) is 19.7. The highest BCUT2D eigenvalue weighted by atomic mass is 16.5. The van der Waals surface area contributed by atoms with Crippen LogP contribution in [0.3, 0.4) is 0 Å². The molecule has 0 unspecified atom stereocenters. The summed E-state index contributed by atoms with van der Waals surface area (Å²) in [5.74, 6) is 0.137. The molecule has 1 atom stereocenters. The summed E-state index contributed by atoms with van der Waals surface area (Å²) in [6.45, 7) is 6.13. The van der Waals surface area contributed by atoms with Crippen molar-refractivity contribution < 1.29 is 14.3 Å². The van der Waals surface area contributed by atoms with Crippen LogP contribution < -0.4 is 10.2 Å². The summed E-state index contributed by atoms with van der Waals surface area (Å²) < 4.78 is 7.68. The minimum Gasteiger partial charge on any atom is -0.379 e. The van der Waals surface area contributed by atoms with Crippen LogP contribution >= 0.6 is 0 Å². The third-order valence-electron chi connectivity index (χ3n) is 7.82. The summed E-state index contributed by atoms with van der Waals surface area (Å²) >= 11 is 0. The summed E-state index contributed by atoms with van der Waals surface area (Å²) in [5.41, 5.74) is 5.26. The number of para-hydroxylation sites is 2. The van der Waals surface area contributed by atoms with E-state index in [9.17, 15) is 9.59 Å². The fourth-order valence-electron chi connectivity index (χ4n) is 6.03. The van der Waals surface area contributed by atoms with Crippen LogP contribution in [-0.2, 0) is 22.5 Å². The van der Waals surface area contributed by atoms with Gasteiger partial charge in [-0.25, -0.2) is 0 Å². The summed E-state index contributed by atoms with van der Waals surface area (Å²) in [6, 6.07) is 16.3. The van der Waals surface area contributed by atoms with Gasteiger partial charge in [0.25, 0.3) is 5.91 Å². The molecular weight excluding hydrogens is 454 g/mol. The number of aryl methyl sites for hydroxylation is 1. The fraction of sp³-hybridized carbons (Fsp3) is 0.429. The molecule has 0 spiro atoms.